The van der Waals surface area contributed by atoms with Crippen LogP contribution in [0, 0.1) is 0 Å². The van der Waals surface area contributed by atoms with Gasteiger partial charge in [0.15, 0.2) is 0 Å². The minimum absolute atomic E-state index is 0. The molecule has 88 valence electrons. The van der Waals surface area contributed by atoms with Crippen molar-refractivity contribution in [2.75, 3.05) is 6.61 Å². The molecule has 1 amide bonds. The zero-order chi connectivity index (χ0) is 11.0. The number of halogens is 3. The molecule has 0 spiro atoms. The highest BCUT2D eigenvalue weighted by molar-refractivity contribution is 6.35. The number of hydrogen-bond acceptors (Lipinski definition) is 3. The second-order valence-corrected chi connectivity index (χ2v) is 3.96. The van der Waals surface area contributed by atoms with Crippen molar-refractivity contribution in [1.29, 1.82) is 0 Å². The lowest BCUT2D eigenvalue weighted by Gasteiger charge is -2.11. The zero-order valence-electron chi connectivity index (χ0n) is 7.87. The number of hydrogen-bond donors (Lipinski definition) is 2. The molecule has 1 atom stereocenters. The molecule has 1 fully saturated rings. The molecule has 0 bridgehead atoms. The summed E-state index contributed by atoms with van der Waals surface area (Å²) in [5.41, 5.74) is 0.457. The molecule has 2 rings (SSSR count). The summed E-state index contributed by atoms with van der Waals surface area (Å²) < 4.78 is 4.71. The summed E-state index contributed by atoms with van der Waals surface area (Å²) in [7, 11) is 0. The molecular formula is C9H8Cl3NO3. The van der Waals surface area contributed by atoms with Crippen molar-refractivity contribution in [3.05, 3.63) is 27.7 Å². The topological polar surface area (TPSA) is 58.6 Å². The van der Waals surface area contributed by atoms with Gasteiger partial charge >= 0.3 is 6.09 Å². The number of carbonyl (C=O) groups is 1. The number of phenolic OH excluding ortho intramolecular Hbond substituents is 1. The maximum atomic E-state index is 10.8. The van der Waals surface area contributed by atoms with Gasteiger partial charge in [-0.05, 0) is 12.1 Å². The van der Waals surface area contributed by atoms with Crippen LogP contribution in [0.3, 0.4) is 0 Å². The average molecular weight is 285 g/mol. The molecule has 1 aromatic rings. The Bertz CT molecular complexity index is 425. The minimum atomic E-state index is -0.518. The lowest BCUT2D eigenvalue weighted by Crippen LogP contribution is -2.18. The Morgan fingerprint density at radius 2 is 2.12 bits per heavy atom. The maximum Gasteiger partial charge on any atom is 0.407 e. The lowest BCUT2D eigenvalue weighted by atomic mass is 10.1. The summed E-state index contributed by atoms with van der Waals surface area (Å²) in [6, 6.07) is 2.57. The highest BCUT2D eigenvalue weighted by atomic mass is 35.5. The second kappa shape index (κ2) is 4.99. The van der Waals surface area contributed by atoms with Crippen molar-refractivity contribution in [2.24, 2.45) is 0 Å². The Kier molecular flexibility index (Phi) is 4.13. The van der Waals surface area contributed by atoms with Gasteiger partial charge < -0.3 is 15.2 Å². The van der Waals surface area contributed by atoms with Crippen LogP contribution < -0.4 is 5.32 Å². The summed E-state index contributed by atoms with van der Waals surface area (Å²) in [4.78, 5) is 10.8. The highest BCUT2D eigenvalue weighted by Gasteiger charge is 2.27. The first-order valence-corrected chi connectivity index (χ1v) is 4.94. The second-order valence-electron chi connectivity index (χ2n) is 3.12. The van der Waals surface area contributed by atoms with Crippen LogP contribution in [-0.2, 0) is 4.74 Å². The predicted octanol–water partition coefficient (Wildman–Crippen LogP) is 2.90. The average Bonchev–Trinajstić information content (AvgIpc) is 2.58. The van der Waals surface area contributed by atoms with Crippen molar-refractivity contribution in [2.45, 2.75) is 6.04 Å². The fourth-order valence-electron chi connectivity index (χ4n) is 1.40. The van der Waals surface area contributed by atoms with Crippen LogP contribution in [0.1, 0.15) is 11.6 Å². The molecule has 1 aliphatic heterocycles. The highest BCUT2D eigenvalue weighted by Crippen LogP contribution is 2.35. The Labute approximate surface area is 108 Å². The molecule has 7 heteroatoms. The molecule has 1 aromatic carbocycles. The fourth-order valence-corrected chi connectivity index (χ4v) is 1.91. The molecule has 0 saturated carbocycles. The molecule has 0 unspecified atom stereocenters. The van der Waals surface area contributed by atoms with Crippen LogP contribution in [0.2, 0.25) is 10.0 Å². The number of aromatic hydroxyl groups is 1. The number of amides is 1. The predicted molar refractivity (Wildman–Crippen MR) is 62.6 cm³/mol. The van der Waals surface area contributed by atoms with Crippen LogP contribution in [0.4, 0.5) is 4.79 Å². The molecular weight excluding hydrogens is 276 g/mol. The van der Waals surface area contributed by atoms with E-state index in [9.17, 15) is 9.90 Å². The summed E-state index contributed by atoms with van der Waals surface area (Å²) in [6.45, 7) is 0.156. The molecule has 4 nitrogen and oxygen atoms in total. The smallest absolute Gasteiger partial charge is 0.407 e. The van der Waals surface area contributed by atoms with Crippen molar-refractivity contribution in [1.82, 2.24) is 5.32 Å². The van der Waals surface area contributed by atoms with Gasteiger partial charge in [0.05, 0.1) is 11.1 Å². The normalized spacial score (nSPS) is 18.6. The van der Waals surface area contributed by atoms with Gasteiger partial charge in [-0.2, -0.15) is 0 Å². The summed E-state index contributed by atoms with van der Waals surface area (Å²) in [5.74, 6) is -0.0862. The molecule has 0 radical (unpaired) electrons. The van der Waals surface area contributed by atoms with Crippen LogP contribution in [0.15, 0.2) is 12.1 Å². The first-order chi connectivity index (χ1) is 7.08. The van der Waals surface area contributed by atoms with E-state index in [1.807, 2.05) is 0 Å². The van der Waals surface area contributed by atoms with Crippen LogP contribution in [-0.4, -0.2) is 17.8 Å². The van der Waals surface area contributed by atoms with E-state index in [-0.39, 0.29) is 29.8 Å². The van der Waals surface area contributed by atoms with Gasteiger partial charge in [-0.3, -0.25) is 0 Å². The summed E-state index contributed by atoms with van der Waals surface area (Å²) in [6.07, 6.45) is -0.518. The van der Waals surface area contributed by atoms with E-state index in [4.69, 9.17) is 27.9 Å². The van der Waals surface area contributed by atoms with Gasteiger partial charge in [-0.15, -0.1) is 12.4 Å². The van der Waals surface area contributed by atoms with E-state index in [0.29, 0.717) is 10.6 Å². The Morgan fingerprint density at radius 3 is 2.69 bits per heavy atom. The molecule has 0 aliphatic carbocycles. The van der Waals surface area contributed by atoms with E-state index in [1.54, 1.807) is 6.07 Å². The molecule has 1 saturated heterocycles. The lowest BCUT2D eigenvalue weighted by molar-refractivity contribution is 0.177. The van der Waals surface area contributed by atoms with Crippen molar-refractivity contribution >= 4 is 41.7 Å². The monoisotopic (exact) mass is 283 g/mol. The third-order valence-electron chi connectivity index (χ3n) is 2.11. The number of phenols is 1. The largest absolute Gasteiger partial charge is 0.506 e. The molecule has 16 heavy (non-hydrogen) atoms. The van der Waals surface area contributed by atoms with Gasteiger partial charge in [-0.25, -0.2) is 4.79 Å². The molecule has 2 N–H and O–H groups in total. The third-order valence-corrected chi connectivity index (χ3v) is 2.61. The van der Waals surface area contributed by atoms with Crippen LogP contribution in [0.5, 0.6) is 5.75 Å². The van der Waals surface area contributed by atoms with E-state index < -0.39 is 12.1 Å². The number of carbonyl (C=O) groups excluding carboxylic acids is 1. The Morgan fingerprint density at radius 1 is 1.44 bits per heavy atom. The Hall–Kier alpha value is -0.840. The first-order valence-electron chi connectivity index (χ1n) is 4.19. The van der Waals surface area contributed by atoms with Gasteiger partial charge in [0.1, 0.15) is 12.4 Å². The molecule has 0 aromatic heterocycles. The van der Waals surface area contributed by atoms with Crippen LogP contribution >= 0.6 is 35.6 Å². The van der Waals surface area contributed by atoms with E-state index >= 15 is 0 Å². The fraction of sp³-hybridized carbons (Fsp3) is 0.222. The molecule has 1 heterocycles. The van der Waals surface area contributed by atoms with E-state index in [2.05, 4.69) is 5.32 Å². The number of alkyl carbamates (subject to hydrolysis) is 1. The van der Waals surface area contributed by atoms with Crippen LogP contribution in [0.25, 0.3) is 0 Å². The van der Waals surface area contributed by atoms with E-state index in [0.717, 1.165) is 0 Å². The standard InChI is InChI=1S/C9H7Cl2NO3.ClH/c10-4-1-5(8(13)6(11)2-4)7-3-15-9(14)12-7;/h1-2,7,13H,3H2,(H,12,14);1H/t7-;/m1./s1. The number of nitrogens with one attached hydrogen (secondary N) is 1. The van der Waals surface area contributed by atoms with Crippen molar-refractivity contribution in [3.63, 3.8) is 0 Å². The van der Waals surface area contributed by atoms with Crippen molar-refractivity contribution in [3.8, 4) is 5.75 Å². The number of ether oxygens (including phenoxy) is 1. The number of cyclic esters (lactones) is 1. The zero-order valence-corrected chi connectivity index (χ0v) is 10.2. The summed E-state index contributed by atoms with van der Waals surface area (Å²) in [5, 5.41) is 12.7. The van der Waals surface area contributed by atoms with Gasteiger partial charge in [0, 0.05) is 10.6 Å². The first kappa shape index (κ1) is 13.2. The van der Waals surface area contributed by atoms with Gasteiger partial charge in [-0.1, -0.05) is 23.2 Å². The third kappa shape index (κ3) is 2.45. The minimum Gasteiger partial charge on any atom is -0.506 e. The summed E-state index contributed by atoms with van der Waals surface area (Å²) >= 11 is 11.5. The van der Waals surface area contributed by atoms with Crippen molar-refractivity contribution < 1.29 is 14.6 Å². The molecule has 1 aliphatic rings. The Balaban J connectivity index is 0.00000128. The van der Waals surface area contributed by atoms with Gasteiger partial charge in [0.2, 0.25) is 0 Å². The maximum absolute atomic E-state index is 10.8. The van der Waals surface area contributed by atoms with Gasteiger partial charge in [0.25, 0.3) is 0 Å². The van der Waals surface area contributed by atoms with E-state index in [1.165, 1.54) is 6.07 Å². The quantitative estimate of drug-likeness (QED) is 0.833. The number of benzene rings is 1. The SMILES string of the molecule is Cl.O=C1N[C@@H](c2cc(Cl)cc(Cl)c2O)CO1. The number of rotatable bonds is 1.